The Morgan fingerprint density at radius 2 is 2.33 bits per heavy atom. The Balaban J connectivity index is 2.10. The smallest absolute Gasteiger partial charge is 0.145 e. The van der Waals surface area contributed by atoms with Gasteiger partial charge in [-0.3, -0.25) is 0 Å². The lowest BCUT2D eigenvalue weighted by Gasteiger charge is -2.18. The Hall–Kier alpha value is -0.960. The van der Waals surface area contributed by atoms with Gasteiger partial charge in [0, 0.05) is 6.04 Å². The van der Waals surface area contributed by atoms with Gasteiger partial charge in [0.15, 0.2) is 0 Å². The van der Waals surface area contributed by atoms with Gasteiger partial charge >= 0.3 is 0 Å². The average Bonchev–Trinajstić information content (AvgIpc) is 2.57. The number of nitrogens with zero attached hydrogens (tertiary/aromatic N) is 1. The standard InChI is InChI=1S/C11H16ClN3/c1-7-3-2-4-10(7)15-11-9(12)5-8(13)6-14-11/h5-7,10H,2-4,13H2,1H3,(H,14,15). The topological polar surface area (TPSA) is 50.9 Å². The zero-order valence-corrected chi connectivity index (χ0v) is 9.59. The van der Waals surface area contributed by atoms with Crippen molar-refractivity contribution in [2.45, 2.75) is 32.2 Å². The zero-order valence-electron chi connectivity index (χ0n) is 8.83. The van der Waals surface area contributed by atoms with Crippen LogP contribution in [0.4, 0.5) is 11.5 Å². The van der Waals surface area contributed by atoms with Gasteiger partial charge in [0.05, 0.1) is 16.9 Å². The number of hydrogen-bond acceptors (Lipinski definition) is 3. The summed E-state index contributed by atoms with van der Waals surface area (Å²) in [5.74, 6) is 1.45. The van der Waals surface area contributed by atoms with Gasteiger partial charge in [-0.05, 0) is 24.8 Å². The number of nitrogen functional groups attached to an aromatic ring is 1. The maximum absolute atomic E-state index is 6.05. The molecule has 1 saturated carbocycles. The lowest BCUT2D eigenvalue weighted by Crippen LogP contribution is -2.22. The Bertz CT molecular complexity index is 354. The van der Waals surface area contributed by atoms with Crippen molar-refractivity contribution < 1.29 is 0 Å². The molecule has 0 saturated heterocycles. The summed E-state index contributed by atoms with van der Waals surface area (Å²) in [6, 6.07) is 2.23. The van der Waals surface area contributed by atoms with Crippen LogP contribution in [0.3, 0.4) is 0 Å². The first-order valence-corrected chi connectivity index (χ1v) is 5.72. The summed E-state index contributed by atoms with van der Waals surface area (Å²) in [4.78, 5) is 4.21. The predicted molar refractivity (Wildman–Crippen MR) is 64.1 cm³/mol. The van der Waals surface area contributed by atoms with Crippen molar-refractivity contribution in [1.82, 2.24) is 4.98 Å². The third-order valence-corrected chi connectivity index (χ3v) is 3.33. The minimum absolute atomic E-state index is 0.499. The molecule has 0 spiro atoms. The molecule has 1 aliphatic carbocycles. The first-order chi connectivity index (χ1) is 7.16. The minimum atomic E-state index is 0.499. The molecule has 1 aromatic rings. The molecule has 3 nitrogen and oxygen atoms in total. The summed E-state index contributed by atoms with van der Waals surface area (Å²) in [5, 5.41) is 3.99. The molecule has 0 aromatic carbocycles. The lowest BCUT2D eigenvalue weighted by molar-refractivity contribution is 0.555. The molecule has 0 bridgehead atoms. The van der Waals surface area contributed by atoms with Crippen LogP contribution in [0.2, 0.25) is 5.02 Å². The quantitative estimate of drug-likeness (QED) is 0.814. The molecular weight excluding hydrogens is 210 g/mol. The zero-order chi connectivity index (χ0) is 10.8. The van der Waals surface area contributed by atoms with Crippen LogP contribution in [0.5, 0.6) is 0 Å². The number of anilines is 2. The molecule has 0 aliphatic heterocycles. The van der Waals surface area contributed by atoms with Crippen LogP contribution in [-0.4, -0.2) is 11.0 Å². The molecule has 15 heavy (non-hydrogen) atoms. The van der Waals surface area contributed by atoms with E-state index >= 15 is 0 Å². The minimum Gasteiger partial charge on any atom is -0.397 e. The van der Waals surface area contributed by atoms with E-state index in [9.17, 15) is 0 Å². The highest BCUT2D eigenvalue weighted by molar-refractivity contribution is 6.33. The van der Waals surface area contributed by atoms with E-state index in [0.29, 0.717) is 22.7 Å². The van der Waals surface area contributed by atoms with Crippen LogP contribution in [0, 0.1) is 5.92 Å². The summed E-state index contributed by atoms with van der Waals surface area (Å²) in [6.45, 7) is 2.26. The summed E-state index contributed by atoms with van der Waals surface area (Å²) >= 11 is 6.05. The van der Waals surface area contributed by atoms with E-state index in [4.69, 9.17) is 17.3 Å². The molecule has 1 aromatic heterocycles. The number of rotatable bonds is 2. The van der Waals surface area contributed by atoms with E-state index in [1.165, 1.54) is 19.3 Å². The molecule has 82 valence electrons. The second-order valence-electron chi connectivity index (χ2n) is 4.26. The second-order valence-corrected chi connectivity index (χ2v) is 4.67. The van der Waals surface area contributed by atoms with Gasteiger partial charge in [0.2, 0.25) is 0 Å². The third kappa shape index (κ3) is 2.34. The van der Waals surface area contributed by atoms with Crippen molar-refractivity contribution in [1.29, 1.82) is 0 Å². The van der Waals surface area contributed by atoms with E-state index in [1.54, 1.807) is 12.3 Å². The molecule has 2 unspecified atom stereocenters. The van der Waals surface area contributed by atoms with Crippen LogP contribution in [-0.2, 0) is 0 Å². The fourth-order valence-electron chi connectivity index (χ4n) is 2.09. The fraction of sp³-hybridized carbons (Fsp3) is 0.545. The van der Waals surface area contributed by atoms with Crippen molar-refractivity contribution in [2.75, 3.05) is 11.1 Å². The highest BCUT2D eigenvalue weighted by Crippen LogP contribution is 2.30. The first-order valence-electron chi connectivity index (χ1n) is 5.34. The van der Waals surface area contributed by atoms with Gasteiger partial charge in [-0.2, -0.15) is 0 Å². The highest BCUT2D eigenvalue weighted by Gasteiger charge is 2.23. The molecule has 2 atom stereocenters. The third-order valence-electron chi connectivity index (χ3n) is 3.05. The van der Waals surface area contributed by atoms with Crippen LogP contribution in [0.25, 0.3) is 0 Å². The number of nitrogens with one attached hydrogen (secondary N) is 1. The van der Waals surface area contributed by atoms with E-state index in [2.05, 4.69) is 17.2 Å². The van der Waals surface area contributed by atoms with Crippen molar-refractivity contribution in [2.24, 2.45) is 5.92 Å². The Morgan fingerprint density at radius 1 is 1.53 bits per heavy atom. The molecular formula is C11H16ClN3. The highest BCUT2D eigenvalue weighted by atomic mass is 35.5. The molecule has 1 fully saturated rings. The maximum atomic E-state index is 6.05. The van der Waals surface area contributed by atoms with Gasteiger partial charge in [-0.1, -0.05) is 24.9 Å². The van der Waals surface area contributed by atoms with Gasteiger partial charge in [0.1, 0.15) is 5.82 Å². The molecule has 1 aliphatic rings. The maximum Gasteiger partial charge on any atom is 0.145 e. The van der Waals surface area contributed by atoms with Crippen molar-refractivity contribution in [3.63, 3.8) is 0 Å². The number of nitrogens with two attached hydrogens (primary N) is 1. The summed E-state index contributed by atoms with van der Waals surface area (Å²) in [7, 11) is 0. The van der Waals surface area contributed by atoms with Gasteiger partial charge in [-0.25, -0.2) is 4.98 Å². The van der Waals surface area contributed by atoms with E-state index < -0.39 is 0 Å². The van der Waals surface area contributed by atoms with E-state index in [1.807, 2.05) is 0 Å². The van der Waals surface area contributed by atoms with Crippen LogP contribution < -0.4 is 11.1 Å². The molecule has 0 radical (unpaired) electrons. The summed E-state index contributed by atoms with van der Waals surface area (Å²) in [5.41, 5.74) is 6.19. The van der Waals surface area contributed by atoms with Gasteiger partial charge in [0.25, 0.3) is 0 Å². The van der Waals surface area contributed by atoms with E-state index in [0.717, 1.165) is 5.82 Å². The van der Waals surface area contributed by atoms with Crippen LogP contribution >= 0.6 is 11.6 Å². The number of aromatic nitrogens is 1. The van der Waals surface area contributed by atoms with E-state index in [-0.39, 0.29) is 0 Å². The van der Waals surface area contributed by atoms with Crippen LogP contribution in [0.1, 0.15) is 26.2 Å². The largest absolute Gasteiger partial charge is 0.397 e. The molecule has 1 heterocycles. The number of pyridine rings is 1. The predicted octanol–water partition coefficient (Wildman–Crippen LogP) is 2.92. The average molecular weight is 226 g/mol. The monoisotopic (exact) mass is 225 g/mol. The molecule has 0 amide bonds. The first kappa shape index (κ1) is 10.6. The second kappa shape index (κ2) is 4.27. The van der Waals surface area contributed by atoms with Crippen LogP contribution in [0.15, 0.2) is 12.3 Å². The normalized spacial score (nSPS) is 25.5. The van der Waals surface area contributed by atoms with Crippen molar-refractivity contribution >= 4 is 23.1 Å². The molecule has 4 heteroatoms. The number of hydrogen-bond donors (Lipinski definition) is 2. The fourth-order valence-corrected chi connectivity index (χ4v) is 2.32. The Morgan fingerprint density at radius 3 is 2.93 bits per heavy atom. The summed E-state index contributed by atoms with van der Waals surface area (Å²) in [6.07, 6.45) is 5.40. The number of halogens is 1. The molecule has 3 N–H and O–H groups in total. The Labute approximate surface area is 95.0 Å². The summed E-state index contributed by atoms with van der Waals surface area (Å²) < 4.78 is 0. The van der Waals surface area contributed by atoms with Gasteiger partial charge in [-0.15, -0.1) is 0 Å². The van der Waals surface area contributed by atoms with Gasteiger partial charge < -0.3 is 11.1 Å². The molecule has 2 rings (SSSR count). The SMILES string of the molecule is CC1CCCC1Nc1ncc(N)cc1Cl. The van der Waals surface area contributed by atoms with Crippen molar-refractivity contribution in [3.05, 3.63) is 17.3 Å². The van der Waals surface area contributed by atoms with Crippen molar-refractivity contribution in [3.8, 4) is 0 Å². The lowest BCUT2D eigenvalue weighted by atomic mass is 10.1. The Kier molecular flexibility index (Phi) is 3.00.